The van der Waals surface area contributed by atoms with Gasteiger partial charge >= 0.3 is 5.97 Å². The highest BCUT2D eigenvalue weighted by atomic mass is 16.4. The second kappa shape index (κ2) is 5.76. The van der Waals surface area contributed by atoms with Crippen molar-refractivity contribution in [1.29, 1.82) is 0 Å². The summed E-state index contributed by atoms with van der Waals surface area (Å²) in [7, 11) is 0. The minimum Gasteiger partial charge on any atom is -0.478 e. The van der Waals surface area contributed by atoms with Crippen LogP contribution in [0.2, 0.25) is 0 Å². The maximum absolute atomic E-state index is 11.7. The molecule has 0 radical (unpaired) electrons. The van der Waals surface area contributed by atoms with Gasteiger partial charge in [0.25, 0.3) is 0 Å². The summed E-state index contributed by atoms with van der Waals surface area (Å²) in [5, 5.41) is 11.4. The van der Waals surface area contributed by atoms with E-state index in [1.165, 1.54) is 18.5 Å². The standard InChI is InChI=1S/C12H12N4O3/c17-11(1-3-16-4-2-13-8-16)15-10-5-9(12(18)19)6-14-7-10/h2,4-8H,1,3H2,(H,15,17)(H,18,19). The Bertz CT molecular complexity index is 580. The van der Waals surface area contributed by atoms with E-state index >= 15 is 0 Å². The van der Waals surface area contributed by atoms with Gasteiger partial charge in [-0.1, -0.05) is 0 Å². The Balaban J connectivity index is 1.91. The van der Waals surface area contributed by atoms with Crippen LogP contribution in [-0.2, 0) is 11.3 Å². The van der Waals surface area contributed by atoms with Crippen LogP contribution in [0.5, 0.6) is 0 Å². The highest BCUT2D eigenvalue weighted by molar-refractivity contribution is 5.93. The van der Waals surface area contributed by atoms with Gasteiger partial charge in [-0.25, -0.2) is 9.78 Å². The number of aryl methyl sites for hydroxylation is 1. The minimum atomic E-state index is -1.08. The van der Waals surface area contributed by atoms with Gasteiger partial charge in [-0.05, 0) is 6.07 Å². The third kappa shape index (κ3) is 3.63. The molecule has 98 valence electrons. The highest BCUT2D eigenvalue weighted by Crippen LogP contribution is 2.09. The van der Waals surface area contributed by atoms with Crippen molar-refractivity contribution in [2.75, 3.05) is 5.32 Å². The SMILES string of the molecule is O=C(CCn1ccnc1)Nc1cncc(C(=O)O)c1. The number of aromatic nitrogens is 3. The molecule has 0 aliphatic carbocycles. The average Bonchev–Trinajstić information content (AvgIpc) is 2.90. The number of aromatic carboxylic acids is 1. The van der Waals surface area contributed by atoms with Crippen molar-refractivity contribution in [3.05, 3.63) is 42.7 Å². The van der Waals surface area contributed by atoms with Crippen LogP contribution in [0.1, 0.15) is 16.8 Å². The number of hydrogen-bond acceptors (Lipinski definition) is 4. The summed E-state index contributed by atoms with van der Waals surface area (Å²) in [5.41, 5.74) is 0.406. The number of carboxylic acids is 1. The molecule has 0 aromatic carbocycles. The van der Waals surface area contributed by atoms with Gasteiger partial charge in [0.1, 0.15) is 0 Å². The Kier molecular flexibility index (Phi) is 3.87. The number of anilines is 1. The van der Waals surface area contributed by atoms with Crippen LogP contribution < -0.4 is 5.32 Å². The lowest BCUT2D eigenvalue weighted by atomic mass is 10.2. The second-order valence-electron chi connectivity index (χ2n) is 3.87. The van der Waals surface area contributed by atoms with E-state index in [0.717, 1.165) is 0 Å². The Labute approximate surface area is 108 Å². The molecular weight excluding hydrogens is 248 g/mol. The van der Waals surface area contributed by atoms with E-state index in [1.54, 1.807) is 23.3 Å². The molecule has 2 aromatic heterocycles. The minimum absolute atomic E-state index is 0.0346. The zero-order chi connectivity index (χ0) is 13.7. The first-order valence-corrected chi connectivity index (χ1v) is 5.59. The van der Waals surface area contributed by atoms with Gasteiger partial charge in [-0.2, -0.15) is 0 Å². The average molecular weight is 260 g/mol. The molecule has 1 amide bonds. The molecule has 0 spiro atoms. The molecule has 0 saturated heterocycles. The molecule has 2 N–H and O–H groups in total. The first-order chi connectivity index (χ1) is 9.15. The van der Waals surface area contributed by atoms with Crippen molar-refractivity contribution in [2.24, 2.45) is 0 Å². The molecule has 0 aliphatic rings. The van der Waals surface area contributed by atoms with Crippen molar-refractivity contribution in [3.8, 4) is 0 Å². The number of rotatable bonds is 5. The van der Waals surface area contributed by atoms with Crippen molar-refractivity contribution < 1.29 is 14.7 Å². The van der Waals surface area contributed by atoms with E-state index in [-0.39, 0.29) is 17.9 Å². The fourth-order valence-electron chi connectivity index (χ4n) is 1.50. The number of carbonyl (C=O) groups is 2. The number of amides is 1. The second-order valence-corrected chi connectivity index (χ2v) is 3.87. The first kappa shape index (κ1) is 12.7. The Morgan fingerprint density at radius 2 is 2.16 bits per heavy atom. The molecular formula is C12H12N4O3. The molecule has 0 atom stereocenters. The Morgan fingerprint density at radius 1 is 1.32 bits per heavy atom. The molecule has 0 bridgehead atoms. The predicted molar refractivity (Wildman–Crippen MR) is 66.7 cm³/mol. The molecule has 2 rings (SSSR count). The molecule has 19 heavy (non-hydrogen) atoms. The van der Waals surface area contributed by atoms with E-state index in [2.05, 4.69) is 15.3 Å². The number of pyridine rings is 1. The molecule has 7 nitrogen and oxygen atoms in total. The summed E-state index contributed by atoms with van der Waals surface area (Å²) >= 11 is 0. The molecule has 0 unspecified atom stereocenters. The summed E-state index contributed by atoms with van der Waals surface area (Å²) in [5.74, 6) is -1.29. The molecule has 2 heterocycles. The van der Waals surface area contributed by atoms with Gasteiger partial charge in [0, 0.05) is 31.6 Å². The zero-order valence-corrected chi connectivity index (χ0v) is 9.98. The van der Waals surface area contributed by atoms with Crippen LogP contribution in [0, 0.1) is 0 Å². The van der Waals surface area contributed by atoms with E-state index < -0.39 is 5.97 Å². The van der Waals surface area contributed by atoms with Crippen LogP contribution in [0.25, 0.3) is 0 Å². The Hall–Kier alpha value is -2.70. The zero-order valence-electron chi connectivity index (χ0n) is 9.98. The summed E-state index contributed by atoms with van der Waals surface area (Å²) in [6.45, 7) is 0.512. The summed E-state index contributed by atoms with van der Waals surface area (Å²) in [6, 6.07) is 1.37. The predicted octanol–water partition coefficient (Wildman–Crippen LogP) is 1.01. The van der Waals surface area contributed by atoms with Crippen LogP contribution in [-0.4, -0.2) is 31.5 Å². The van der Waals surface area contributed by atoms with E-state index in [4.69, 9.17) is 5.11 Å². The summed E-state index contributed by atoms with van der Waals surface area (Å²) < 4.78 is 1.78. The number of imidazole rings is 1. The first-order valence-electron chi connectivity index (χ1n) is 5.59. The van der Waals surface area contributed by atoms with Gasteiger partial charge in [-0.15, -0.1) is 0 Å². The largest absolute Gasteiger partial charge is 0.478 e. The van der Waals surface area contributed by atoms with Crippen LogP contribution in [0.4, 0.5) is 5.69 Å². The summed E-state index contributed by atoms with van der Waals surface area (Å²) in [4.78, 5) is 30.1. The van der Waals surface area contributed by atoms with Gasteiger partial charge in [0.05, 0.1) is 23.8 Å². The third-order valence-electron chi connectivity index (χ3n) is 2.43. The fraction of sp³-hybridized carbons (Fsp3) is 0.167. The van der Waals surface area contributed by atoms with Gasteiger partial charge < -0.3 is 15.0 Å². The highest BCUT2D eigenvalue weighted by Gasteiger charge is 2.07. The maximum atomic E-state index is 11.7. The Morgan fingerprint density at radius 3 is 2.84 bits per heavy atom. The lowest BCUT2D eigenvalue weighted by Gasteiger charge is -2.05. The smallest absolute Gasteiger partial charge is 0.337 e. The van der Waals surface area contributed by atoms with E-state index in [9.17, 15) is 9.59 Å². The van der Waals surface area contributed by atoms with Crippen LogP contribution in [0.3, 0.4) is 0 Å². The van der Waals surface area contributed by atoms with Crippen molar-refractivity contribution in [3.63, 3.8) is 0 Å². The molecule has 7 heteroatoms. The van der Waals surface area contributed by atoms with Crippen LogP contribution in [0.15, 0.2) is 37.2 Å². The monoisotopic (exact) mass is 260 g/mol. The number of carbonyl (C=O) groups excluding carboxylic acids is 1. The molecule has 0 saturated carbocycles. The van der Waals surface area contributed by atoms with E-state index in [1.807, 2.05) is 0 Å². The number of nitrogens with zero attached hydrogens (tertiary/aromatic N) is 3. The number of carboxylic acid groups (broad SMARTS) is 1. The quantitative estimate of drug-likeness (QED) is 0.836. The van der Waals surface area contributed by atoms with Crippen LogP contribution >= 0.6 is 0 Å². The molecule has 0 aliphatic heterocycles. The fourth-order valence-corrected chi connectivity index (χ4v) is 1.50. The summed E-state index contributed by atoms with van der Waals surface area (Å²) in [6.07, 6.45) is 7.93. The molecule has 2 aromatic rings. The lowest BCUT2D eigenvalue weighted by Crippen LogP contribution is -2.14. The topological polar surface area (TPSA) is 97.1 Å². The van der Waals surface area contributed by atoms with E-state index in [0.29, 0.717) is 12.2 Å². The number of hydrogen-bond donors (Lipinski definition) is 2. The van der Waals surface area contributed by atoms with Crippen molar-refractivity contribution in [1.82, 2.24) is 14.5 Å². The van der Waals surface area contributed by atoms with Gasteiger partial charge in [0.15, 0.2) is 0 Å². The lowest BCUT2D eigenvalue weighted by molar-refractivity contribution is -0.116. The molecule has 0 fully saturated rings. The number of nitrogens with one attached hydrogen (secondary N) is 1. The van der Waals surface area contributed by atoms with Crippen molar-refractivity contribution >= 4 is 17.6 Å². The van der Waals surface area contributed by atoms with Gasteiger partial charge in [-0.3, -0.25) is 9.78 Å². The van der Waals surface area contributed by atoms with Gasteiger partial charge in [0.2, 0.25) is 5.91 Å². The maximum Gasteiger partial charge on any atom is 0.337 e. The normalized spacial score (nSPS) is 10.1. The third-order valence-corrected chi connectivity index (χ3v) is 2.43. The van der Waals surface area contributed by atoms with Crippen molar-refractivity contribution in [2.45, 2.75) is 13.0 Å².